The van der Waals surface area contributed by atoms with E-state index in [1.807, 2.05) is 11.7 Å². The summed E-state index contributed by atoms with van der Waals surface area (Å²) in [5.41, 5.74) is 6.40. The highest BCUT2D eigenvalue weighted by molar-refractivity contribution is 5.70. The van der Waals surface area contributed by atoms with E-state index in [0.717, 1.165) is 13.1 Å². The fourth-order valence-electron chi connectivity index (χ4n) is 2.62. The maximum Gasteiger partial charge on any atom is 0.0728 e. The van der Waals surface area contributed by atoms with Crippen molar-refractivity contribution in [2.75, 3.05) is 6.54 Å². The van der Waals surface area contributed by atoms with Crippen molar-refractivity contribution in [1.82, 2.24) is 15.1 Å². The second kappa shape index (κ2) is 6.90. The molecule has 0 fully saturated rings. The molecule has 1 N–H and O–H groups in total. The van der Waals surface area contributed by atoms with E-state index in [0.29, 0.717) is 5.92 Å². The molecule has 0 saturated carbocycles. The van der Waals surface area contributed by atoms with Gasteiger partial charge in [-0.2, -0.15) is 5.10 Å². The lowest BCUT2D eigenvalue weighted by atomic mass is 9.95. The van der Waals surface area contributed by atoms with Gasteiger partial charge < -0.3 is 5.32 Å². The standard InChI is InChI=1S/C18H27N3/c1-6-9-19-11-15-8-7-14(4)16(10-15)17-12-21(5)20-18(17)13(2)3/h7-8,10,12-13,19H,6,9,11H2,1-5H3. The molecule has 0 radical (unpaired) electrons. The number of nitrogens with zero attached hydrogens (tertiary/aromatic N) is 2. The van der Waals surface area contributed by atoms with E-state index >= 15 is 0 Å². The van der Waals surface area contributed by atoms with Gasteiger partial charge in [0.15, 0.2) is 0 Å². The molecule has 0 bridgehead atoms. The lowest BCUT2D eigenvalue weighted by molar-refractivity contribution is 0.675. The molecule has 114 valence electrons. The van der Waals surface area contributed by atoms with E-state index in [2.05, 4.69) is 62.5 Å². The van der Waals surface area contributed by atoms with E-state index in [4.69, 9.17) is 0 Å². The zero-order valence-electron chi connectivity index (χ0n) is 13.9. The lowest BCUT2D eigenvalue weighted by Crippen LogP contribution is -2.13. The van der Waals surface area contributed by atoms with E-state index in [1.54, 1.807) is 0 Å². The molecule has 0 aliphatic heterocycles. The van der Waals surface area contributed by atoms with Gasteiger partial charge in [0.25, 0.3) is 0 Å². The lowest BCUT2D eigenvalue weighted by Gasteiger charge is -2.11. The van der Waals surface area contributed by atoms with Gasteiger partial charge in [-0.3, -0.25) is 4.68 Å². The largest absolute Gasteiger partial charge is 0.313 e. The molecule has 0 saturated heterocycles. The molecule has 3 nitrogen and oxygen atoms in total. The van der Waals surface area contributed by atoms with Gasteiger partial charge in [0.2, 0.25) is 0 Å². The number of aryl methyl sites for hydroxylation is 2. The zero-order valence-corrected chi connectivity index (χ0v) is 13.9. The van der Waals surface area contributed by atoms with Crippen LogP contribution in [0.25, 0.3) is 11.1 Å². The summed E-state index contributed by atoms with van der Waals surface area (Å²) >= 11 is 0. The number of benzene rings is 1. The zero-order chi connectivity index (χ0) is 15.4. The summed E-state index contributed by atoms with van der Waals surface area (Å²) in [4.78, 5) is 0. The minimum absolute atomic E-state index is 0.433. The first-order valence-electron chi connectivity index (χ1n) is 7.87. The van der Waals surface area contributed by atoms with Crippen LogP contribution in [-0.2, 0) is 13.6 Å². The first-order chi connectivity index (χ1) is 10.0. The van der Waals surface area contributed by atoms with Crippen LogP contribution in [0.2, 0.25) is 0 Å². The Labute approximate surface area is 128 Å². The Kier molecular flexibility index (Phi) is 5.18. The van der Waals surface area contributed by atoms with Gasteiger partial charge in [0, 0.05) is 25.4 Å². The Morgan fingerprint density at radius 1 is 1.24 bits per heavy atom. The van der Waals surface area contributed by atoms with Crippen molar-refractivity contribution in [3.63, 3.8) is 0 Å². The summed E-state index contributed by atoms with van der Waals surface area (Å²) in [6.07, 6.45) is 3.31. The number of rotatable bonds is 6. The van der Waals surface area contributed by atoms with Gasteiger partial charge in [-0.05, 0) is 48.6 Å². The molecule has 0 atom stereocenters. The summed E-state index contributed by atoms with van der Waals surface area (Å²) in [5.74, 6) is 0.433. The average molecular weight is 285 g/mol. The molecule has 2 rings (SSSR count). The summed E-state index contributed by atoms with van der Waals surface area (Å²) in [5, 5.41) is 8.11. The second-order valence-electron chi connectivity index (χ2n) is 6.08. The van der Waals surface area contributed by atoms with Crippen molar-refractivity contribution >= 4 is 0 Å². The molecule has 3 heteroatoms. The van der Waals surface area contributed by atoms with Crippen LogP contribution in [0.5, 0.6) is 0 Å². The van der Waals surface area contributed by atoms with Crippen LogP contribution in [0, 0.1) is 6.92 Å². The van der Waals surface area contributed by atoms with Crippen LogP contribution < -0.4 is 5.32 Å². The third-order valence-electron chi connectivity index (χ3n) is 3.75. The maximum absolute atomic E-state index is 4.63. The van der Waals surface area contributed by atoms with Gasteiger partial charge in [-0.15, -0.1) is 0 Å². The van der Waals surface area contributed by atoms with E-state index < -0.39 is 0 Å². The molecule has 0 spiro atoms. The molecule has 0 aliphatic rings. The van der Waals surface area contributed by atoms with Crippen molar-refractivity contribution in [2.45, 2.75) is 46.6 Å². The van der Waals surface area contributed by atoms with Crippen LogP contribution in [-0.4, -0.2) is 16.3 Å². The highest BCUT2D eigenvalue weighted by atomic mass is 15.3. The van der Waals surface area contributed by atoms with E-state index in [1.165, 1.54) is 34.4 Å². The monoisotopic (exact) mass is 285 g/mol. The minimum atomic E-state index is 0.433. The summed E-state index contributed by atoms with van der Waals surface area (Å²) < 4.78 is 1.92. The van der Waals surface area contributed by atoms with E-state index in [9.17, 15) is 0 Å². The molecule has 1 aromatic heterocycles. The molecular formula is C18H27N3. The van der Waals surface area contributed by atoms with Gasteiger partial charge in [-0.1, -0.05) is 32.9 Å². The van der Waals surface area contributed by atoms with Gasteiger partial charge in [0.1, 0.15) is 0 Å². The van der Waals surface area contributed by atoms with Gasteiger partial charge in [-0.25, -0.2) is 0 Å². The van der Waals surface area contributed by atoms with Crippen molar-refractivity contribution in [2.24, 2.45) is 7.05 Å². The fraction of sp³-hybridized carbons (Fsp3) is 0.500. The first kappa shape index (κ1) is 15.8. The molecule has 1 aromatic carbocycles. The van der Waals surface area contributed by atoms with Crippen LogP contribution in [0.3, 0.4) is 0 Å². The molecule has 21 heavy (non-hydrogen) atoms. The Morgan fingerprint density at radius 3 is 2.67 bits per heavy atom. The average Bonchev–Trinajstić information content (AvgIpc) is 2.83. The molecule has 0 unspecified atom stereocenters. The topological polar surface area (TPSA) is 29.9 Å². The third-order valence-corrected chi connectivity index (χ3v) is 3.75. The molecular weight excluding hydrogens is 258 g/mol. The van der Waals surface area contributed by atoms with Crippen molar-refractivity contribution in [3.05, 3.63) is 41.2 Å². The Bertz CT molecular complexity index is 597. The first-order valence-corrected chi connectivity index (χ1v) is 7.87. The highest BCUT2D eigenvalue weighted by Crippen LogP contribution is 2.31. The highest BCUT2D eigenvalue weighted by Gasteiger charge is 2.15. The van der Waals surface area contributed by atoms with E-state index in [-0.39, 0.29) is 0 Å². The normalized spacial score (nSPS) is 11.3. The molecule has 1 heterocycles. The number of hydrogen-bond donors (Lipinski definition) is 1. The Balaban J connectivity index is 2.36. The van der Waals surface area contributed by atoms with Crippen LogP contribution in [0.15, 0.2) is 24.4 Å². The van der Waals surface area contributed by atoms with Crippen molar-refractivity contribution in [1.29, 1.82) is 0 Å². The van der Waals surface area contributed by atoms with Crippen molar-refractivity contribution < 1.29 is 0 Å². The Morgan fingerprint density at radius 2 is 2.00 bits per heavy atom. The van der Waals surface area contributed by atoms with Crippen LogP contribution in [0.1, 0.15) is 49.9 Å². The number of nitrogens with one attached hydrogen (secondary N) is 1. The van der Waals surface area contributed by atoms with Gasteiger partial charge in [0.05, 0.1) is 5.69 Å². The van der Waals surface area contributed by atoms with Gasteiger partial charge >= 0.3 is 0 Å². The fourth-order valence-corrected chi connectivity index (χ4v) is 2.62. The van der Waals surface area contributed by atoms with Crippen molar-refractivity contribution in [3.8, 4) is 11.1 Å². The number of aromatic nitrogens is 2. The third kappa shape index (κ3) is 3.73. The smallest absolute Gasteiger partial charge is 0.0728 e. The Hall–Kier alpha value is -1.61. The van der Waals surface area contributed by atoms with Crippen LogP contribution >= 0.6 is 0 Å². The second-order valence-corrected chi connectivity index (χ2v) is 6.08. The summed E-state index contributed by atoms with van der Waals surface area (Å²) in [6, 6.07) is 6.74. The summed E-state index contributed by atoms with van der Waals surface area (Å²) in [6.45, 7) is 10.8. The molecule has 0 aliphatic carbocycles. The predicted octanol–water partition coefficient (Wildman–Crippen LogP) is 4.02. The minimum Gasteiger partial charge on any atom is -0.313 e. The molecule has 2 aromatic rings. The maximum atomic E-state index is 4.63. The van der Waals surface area contributed by atoms with Crippen LogP contribution in [0.4, 0.5) is 0 Å². The summed E-state index contributed by atoms with van der Waals surface area (Å²) in [7, 11) is 2.00. The quantitative estimate of drug-likeness (QED) is 0.812. The predicted molar refractivity (Wildman–Crippen MR) is 89.5 cm³/mol. The number of hydrogen-bond acceptors (Lipinski definition) is 2. The SMILES string of the molecule is CCCNCc1ccc(C)c(-c2cn(C)nc2C(C)C)c1. The molecule has 0 amide bonds.